The van der Waals surface area contributed by atoms with Gasteiger partial charge in [-0.25, -0.2) is 9.37 Å². The van der Waals surface area contributed by atoms with E-state index in [1.807, 2.05) is 19.1 Å². The Morgan fingerprint density at radius 2 is 2.27 bits per heavy atom. The van der Waals surface area contributed by atoms with Crippen LogP contribution in [-0.2, 0) is 9.53 Å². The zero-order valence-corrected chi connectivity index (χ0v) is 12.8. The molecule has 0 bridgehead atoms. The average Bonchev–Trinajstić information content (AvgIpc) is 2.54. The zero-order chi connectivity index (χ0) is 15.7. The summed E-state index contributed by atoms with van der Waals surface area (Å²) in [4.78, 5) is 18.3. The standard InChI is InChI=1S/C17H19FN2O2/c1-11-9-15(13-6-3-7-14(18)16(13)19-11)20-8-4-5-12(10-20)17(21)22-2/h3,6-7,9,12H,4-5,8,10H2,1-2H3/t12-/m1/s1. The monoisotopic (exact) mass is 302 g/mol. The van der Waals surface area contributed by atoms with Crippen molar-refractivity contribution in [2.24, 2.45) is 5.92 Å². The fraction of sp³-hybridized carbons (Fsp3) is 0.412. The van der Waals surface area contributed by atoms with Crippen LogP contribution in [0.15, 0.2) is 24.3 Å². The number of fused-ring (bicyclic) bond motifs is 1. The van der Waals surface area contributed by atoms with Gasteiger partial charge in [0.25, 0.3) is 0 Å². The lowest BCUT2D eigenvalue weighted by Gasteiger charge is -2.34. The van der Waals surface area contributed by atoms with Gasteiger partial charge in [0.05, 0.1) is 13.0 Å². The third kappa shape index (κ3) is 2.63. The molecule has 1 aliphatic heterocycles. The summed E-state index contributed by atoms with van der Waals surface area (Å²) in [5, 5.41) is 0.788. The fourth-order valence-electron chi connectivity index (χ4n) is 3.14. The van der Waals surface area contributed by atoms with E-state index >= 15 is 0 Å². The highest BCUT2D eigenvalue weighted by Gasteiger charge is 2.27. The van der Waals surface area contributed by atoms with Gasteiger partial charge in [0.1, 0.15) is 11.3 Å². The van der Waals surface area contributed by atoms with Gasteiger partial charge in [-0.2, -0.15) is 0 Å². The number of aryl methyl sites for hydroxylation is 1. The lowest BCUT2D eigenvalue weighted by Crippen LogP contribution is -2.39. The van der Waals surface area contributed by atoms with E-state index in [4.69, 9.17) is 4.74 Å². The third-order valence-corrected chi connectivity index (χ3v) is 4.19. The Labute approximate surface area is 128 Å². The van der Waals surface area contributed by atoms with Crippen molar-refractivity contribution in [3.8, 4) is 0 Å². The van der Waals surface area contributed by atoms with Crippen molar-refractivity contribution >= 4 is 22.6 Å². The molecule has 0 unspecified atom stereocenters. The normalized spacial score (nSPS) is 18.5. The topological polar surface area (TPSA) is 42.4 Å². The summed E-state index contributed by atoms with van der Waals surface area (Å²) in [5.41, 5.74) is 2.10. The second-order valence-corrected chi connectivity index (χ2v) is 5.73. The van der Waals surface area contributed by atoms with Gasteiger partial charge in [0, 0.05) is 29.9 Å². The minimum atomic E-state index is -0.316. The lowest BCUT2D eigenvalue weighted by atomic mass is 9.97. The van der Waals surface area contributed by atoms with Crippen LogP contribution >= 0.6 is 0 Å². The molecule has 0 amide bonds. The number of rotatable bonds is 2. The van der Waals surface area contributed by atoms with E-state index in [1.54, 1.807) is 6.07 Å². The van der Waals surface area contributed by atoms with Crippen molar-refractivity contribution in [3.05, 3.63) is 35.8 Å². The van der Waals surface area contributed by atoms with Crippen molar-refractivity contribution in [2.45, 2.75) is 19.8 Å². The van der Waals surface area contributed by atoms with Crippen molar-refractivity contribution in [2.75, 3.05) is 25.1 Å². The number of esters is 1. The number of carbonyl (C=O) groups is 1. The molecule has 1 aromatic carbocycles. The Kier molecular flexibility index (Phi) is 3.96. The number of carbonyl (C=O) groups excluding carboxylic acids is 1. The fourth-order valence-corrected chi connectivity index (χ4v) is 3.14. The third-order valence-electron chi connectivity index (χ3n) is 4.19. The summed E-state index contributed by atoms with van der Waals surface area (Å²) in [6.07, 6.45) is 1.75. The lowest BCUT2D eigenvalue weighted by molar-refractivity contribution is -0.145. The Hall–Kier alpha value is -2.17. The maximum Gasteiger partial charge on any atom is 0.310 e. The number of hydrogen-bond donors (Lipinski definition) is 0. The number of anilines is 1. The largest absolute Gasteiger partial charge is 0.469 e. The molecule has 0 saturated carbocycles. The van der Waals surface area contributed by atoms with Gasteiger partial charge in [-0.15, -0.1) is 0 Å². The highest BCUT2D eigenvalue weighted by molar-refractivity contribution is 5.92. The highest BCUT2D eigenvalue weighted by atomic mass is 19.1. The van der Waals surface area contributed by atoms with Crippen LogP contribution in [0.5, 0.6) is 0 Å². The van der Waals surface area contributed by atoms with Crippen LogP contribution in [0.1, 0.15) is 18.5 Å². The van der Waals surface area contributed by atoms with Crippen LogP contribution < -0.4 is 4.90 Å². The first-order chi connectivity index (χ1) is 10.6. The molecule has 1 aliphatic rings. The molecule has 1 saturated heterocycles. The highest BCUT2D eigenvalue weighted by Crippen LogP contribution is 2.31. The van der Waals surface area contributed by atoms with E-state index in [0.29, 0.717) is 12.1 Å². The van der Waals surface area contributed by atoms with Gasteiger partial charge in [0.2, 0.25) is 0 Å². The summed E-state index contributed by atoms with van der Waals surface area (Å²) >= 11 is 0. The van der Waals surface area contributed by atoms with Crippen LogP contribution in [0.3, 0.4) is 0 Å². The molecule has 0 spiro atoms. The first kappa shape index (κ1) is 14.8. The summed E-state index contributed by atoms with van der Waals surface area (Å²) < 4.78 is 18.9. The van der Waals surface area contributed by atoms with Gasteiger partial charge in [-0.05, 0) is 31.9 Å². The van der Waals surface area contributed by atoms with E-state index in [-0.39, 0.29) is 17.7 Å². The smallest absolute Gasteiger partial charge is 0.310 e. The van der Waals surface area contributed by atoms with Gasteiger partial charge in [-0.3, -0.25) is 4.79 Å². The molecule has 2 heterocycles. The SMILES string of the molecule is COC(=O)[C@@H]1CCCN(c2cc(C)nc3c(F)cccc23)C1. The Morgan fingerprint density at radius 1 is 1.45 bits per heavy atom. The maximum absolute atomic E-state index is 14.0. The summed E-state index contributed by atoms with van der Waals surface area (Å²) in [6, 6.07) is 6.95. The average molecular weight is 302 g/mol. The van der Waals surface area contributed by atoms with Crippen LogP contribution in [-0.4, -0.2) is 31.2 Å². The molecular formula is C17H19FN2O2. The zero-order valence-electron chi connectivity index (χ0n) is 12.8. The number of aromatic nitrogens is 1. The maximum atomic E-state index is 14.0. The van der Waals surface area contributed by atoms with E-state index < -0.39 is 0 Å². The summed E-state index contributed by atoms with van der Waals surface area (Å²) in [6.45, 7) is 3.31. The molecule has 22 heavy (non-hydrogen) atoms. The molecule has 1 atom stereocenters. The van der Waals surface area contributed by atoms with E-state index in [0.717, 1.165) is 36.2 Å². The molecule has 116 valence electrons. The van der Waals surface area contributed by atoms with E-state index in [9.17, 15) is 9.18 Å². The predicted molar refractivity (Wildman–Crippen MR) is 83.4 cm³/mol. The molecule has 2 aromatic rings. The minimum Gasteiger partial charge on any atom is -0.469 e. The molecule has 5 heteroatoms. The molecule has 1 fully saturated rings. The molecule has 1 aromatic heterocycles. The molecular weight excluding hydrogens is 283 g/mol. The summed E-state index contributed by atoms with van der Waals surface area (Å²) in [7, 11) is 1.42. The van der Waals surface area contributed by atoms with Crippen LogP contribution in [0, 0.1) is 18.7 Å². The van der Waals surface area contributed by atoms with Crippen LogP contribution in [0.25, 0.3) is 10.9 Å². The van der Waals surface area contributed by atoms with Crippen LogP contribution in [0.4, 0.5) is 10.1 Å². The Morgan fingerprint density at radius 3 is 3.05 bits per heavy atom. The molecule has 0 aliphatic carbocycles. The number of hydrogen-bond acceptors (Lipinski definition) is 4. The Balaban J connectivity index is 2.02. The van der Waals surface area contributed by atoms with Crippen molar-refractivity contribution in [3.63, 3.8) is 0 Å². The Bertz CT molecular complexity index is 717. The number of ether oxygens (including phenoxy) is 1. The second-order valence-electron chi connectivity index (χ2n) is 5.73. The summed E-state index contributed by atoms with van der Waals surface area (Å²) in [5.74, 6) is -0.620. The van der Waals surface area contributed by atoms with Crippen molar-refractivity contribution < 1.29 is 13.9 Å². The number of piperidine rings is 1. The van der Waals surface area contributed by atoms with Gasteiger partial charge in [0.15, 0.2) is 0 Å². The molecule has 3 rings (SSSR count). The molecule has 0 radical (unpaired) electrons. The van der Waals surface area contributed by atoms with E-state index in [2.05, 4.69) is 9.88 Å². The van der Waals surface area contributed by atoms with Gasteiger partial charge < -0.3 is 9.64 Å². The first-order valence-corrected chi connectivity index (χ1v) is 7.49. The first-order valence-electron chi connectivity index (χ1n) is 7.49. The minimum absolute atomic E-state index is 0.129. The van der Waals surface area contributed by atoms with E-state index in [1.165, 1.54) is 13.2 Å². The van der Waals surface area contributed by atoms with Gasteiger partial charge >= 0.3 is 5.97 Å². The second kappa shape index (κ2) is 5.91. The quantitative estimate of drug-likeness (QED) is 0.800. The molecule has 4 nitrogen and oxygen atoms in total. The molecule has 0 N–H and O–H groups in total. The number of methoxy groups -OCH3 is 1. The number of benzene rings is 1. The van der Waals surface area contributed by atoms with Gasteiger partial charge in [-0.1, -0.05) is 12.1 Å². The number of pyridine rings is 1. The number of para-hydroxylation sites is 1. The van der Waals surface area contributed by atoms with Crippen molar-refractivity contribution in [1.29, 1.82) is 0 Å². The number of halogens is 1. The van der Waals surface area contributed by atoms with Crippen molar-refractivity contribution in [1.82, 2.24) is 4.98 Å². The van der Waals surface area contributed by atoms with Crippen LogP contribution in [0.2, 0.25) is 0 Å². The number of nitrogens with zero attached hydrogens (tertiary/aromatic N) is 2. The predicted octanol–water partition coefficient (Wildman–Crippen LogP) is 3.07.